The van der Waals surface area contributed by atoms with Crippen LogP contribution in [-0.4, -0.2) is 0 Å². The third-order valence-corrected chi connectivity index (χ3v) is 7.36. The fourth-order valence-electron chi connectivity index (χ4n) is 5.20. The lowest BCUT2D eigenvalue weighted by Crippen LogP contribution is -2.13. The summed E-state index contributed by atoms with van der Waals surface area (Å²) in [6.45, 7) is 4.51. The van der Waals surface area contributed by atoms with Crippen LogP contribution in [0.1, 0.15) is 82.3 Å². The van der Waals surface area contributed by atoms with Gasteiger partial charge in [0.1, 0.15) is 0 Å². The molecule has 0 radical (unpaired) electrons. The molecule has 1 aliphatic carbocycles. The van der Waals surface area contributed by atoms with Crippen molar-refractivity contribution in [1.29, 1.82) is 0 Å². The van der Waals surface area contributed by atoms with E-state index in [-0.39, 0.29) is 0 Å². The van der Waals surface area contributed by atoms with Gasteiger partial charge in [-0.05, 0) is 77.3 Å². The van der Waals surface area contributed by atoms with Gasteiger partial charge in [-0.1, -0.05) is 112 Å². The molecule has 0 aliphatic heterocycles. The predicted octanol–water partition coefficient (Wildman–Crippen LogP) is 9.44. The largest absolute Gasteiger partial charge is 0.0654 e. The zero-order valence-corrected chi connectivity index (χ0v) is 19.4. The van der Waals surface area contributed by atoms with Crippen LogP contribution in [0.15, 0.2) is 72.8 Å². The van der Waals surface area contributed by atoms with Crippen LogP contribution in [0.2, 0.25) is 0 Å². The van der Waals surface area contributed by atoms with Crippen LogP contribution in [0.3, 0.4) is 0 Å². The van der Waals surface area contributed by atoms with E-state index in [1.807, 2.05) is 0 Å². The van der Waals surface area contributed by atoms with E-state index in [2.05, 4.69) is 86.6 Å². The van der Waals surface area contributed by atoms with Gasteiger partial charge in [0, 0.05) is 0 Å². The fraction of sp³-hybridized carbons (Fsp3) is 0.419. The van der Waals surface area contributed by atoms with Crippen molar-refractivity contribution in [1.82, 2.24) is 0 Å². The Kier molecular flexibility index (Phi) is 7.62. The lowest BCUT2D eigenvalue weighted by molar-refractivity contribution is 0.303. The molecule has 162 valence electrons. The number of aryl methyl sites for hydroxylation is 1. The van der Waals surface area contributed by atoms with Crippen LogP contribution in [0.4, 0.5) is 0 Å². The molecule has 1 saturated carbocycles. The molecule has 3 aromatic rings. The quantitative estimate of drug-likeness (QED) is 0.324. The molecule has 0 N–H and O–H groups in total. The lowest BCUT2D eigenvalue weighted by Gasteiger charge is -2.29. The Balaban J connectivity index is 1.36. The van der Waals surface area contributed by atoms with E-state index < -0.39 is 0 Å². The number of benzene rings is 3. The highest BCUT2D eigenvalue weighted by atomic mass is 14.3. The van der Waals surface area contributed by atoms with Gasteiger partial charge >= 0.3 is 0 Å². The van der Waals surface area contributed by atoms with Crippen LogP contribution < -0.4 is 0 Å². The highest BCUT2D eigenvalue weighted by Crippen LogP contribution is 2.38. The van der Waals surface area contributed by atoms with E-state index >= 15 is 0 Å². The summed E-state index contributed by atoms with van der Waals surface area (Å²) in [5, 5.41) is 0. The minimum Gasteiger partial charge on any atom is -0.0654 e. The highest BCUT2D eigenvalue weighted by Gasteiger charge is 2.22. The summed E-state index contributed by atoms with van der Waals surface area (Å²) < 4.78 is 0. The Bertz CT molecular complexity index is 907. The Morgan fingerprint density at radius 3 is 1.55 bits per heavy atom. The van der Waals surface area contributed by atoms with Crippen molar-refractivity contribution in [2.24, 2.45) is 5.92 Å². The first-order chi connectivity index (χ1) is 15.3. The number of rotatable bonds is 8. The molecule has 0 atom stereocenters. The van der Waals surface area contributed by atoms with Gasteiger partial charge in [-0.3, -0.25) is 0 Å². The zero-order valence-electron chi connectivity index (χ0n) is 19.4. The molecule has 0 nitrogen and oxygen atoms in total. The highest BCUT2D eigenvalue weighted by molar-refractivity contribution is 5.70. The molecule has 0 heteroatoms. The summed E-state index contributed by atoms with van der Waals surface area (Å²) in [5.41, 5.74) is 8.15. The van der Waals surface area contributed by atoms with Crippen molar-refractivity contribution in [3.63, 3.8) is 0 Å². The first-order valence-electron chi connectivity index (χ1n) is 12.6. The Morgan fingerprint density at radius 1 is 0.581 bits per heavy atom. The van der Waals surface area contributed by atoms with E-state index in [0.717, 1.165) is 18.3 Å². The van der Waals surface area contributed by atoms with Crippen molar-refractivity contribution in [3.8, 4) is 22.3 Å². The second kappa shape index (κ2) is 10.8. The van der Waals surface area contributed by atoms with Crippen molar-refractivity contribution in [3.05, 3.63) is 83.9 Å². The monoisotopic (exact) mass is 410 g/mol. The first kappa shape index (κ1) is 21.9. The Labute approximate surface area is 189 Å². The Morgan fingerprint density at radius 2 is 1.06 bits per heavy atom. The topological polar surface area (TPSA) is 0 Å². The maximum atomic E-state index is 2.38. The predicted molar refractivity (Wildman–Crippen MR) is 136 cm³/mol. The third kappa shape index (κ3) is 5.67. The van der Waals surface area contributed by atoms with Gasteiger partial charge in [-0.25, -0.2) is 0 Å². The van der Waals surface area contributed by atoms with Gasteiger partial charge in [0.2, 0.25) is 0 Å². The number of hydrogen-bond acceptors (Lipinski definition) is 0. The van der Waals surface area contributed by atoms with E-state index in [1.54, 1.807) is 5.56 Å². The molecule has 0 heterocycles. The van der Waals surface area contributed by atoms with Crippen LogP contribution in [0.5, 0.6) is 0 Å². The first-order valence-corrected chi connectivity index (χ1v) is 12.6. The van der Waals surface area contributed by atoms with Gasteiger partial charge in [0.25, 0.3) is 0 Å². The summed E-state index contributed by atoms with van der Waals surface area (Å²) >= 11 is 0. The van der Waals surface area contributed by atoms with Crippen molar-refractivity contribution < 1.29 is 0 Å². The number of hydrogen-bond donors (Lipinski definition) is 0. The van der Waals surface area contributed by atoms with Crippen molar-refractivity contribution in [2.45, 2.75) is 77.6 Å². The van der Waals surface area contributed by atoms with E-state index in [4.69, 9.17) is 0 Å². The Hall–Kier alpha value is -2.34. The lowest BCUT2D eigenvalue weighted by atomic mass is 9.77. The number of unbranched alkanes of at least 4 members (excludes halogenated alkanes) is 2. The summed E-state index contributed by atoms with van der Waals surface area (Å²) in [4.78, 5) is 0. The zero-order chi connectivity index (χ0) is 21.5. The smallest absolute Gasteiger partial charge is 0.0162 e. The molecule has 3 aromatic carbocycles. The SMILES string of the molecule is CCCCCC1CCC(c2ccc(-c3ccc(-c4ccc(CC)cc4)cc3)cc2)CC1. The maximum absolute atomic E-state index is 2.38. The van der Waals surface area contributed by atoms with Crippen LogP contribution in [0, 0.1) is 5.92 Å². The molecule has 1 aliphatic rings. The standard InChI is InChI=1S/C31H38/c1-3-5-6-7-25-10-14-27(15-11-25)29-18-22-31(23-19-29)30-20-16-28(17-21-30)26-12-8-24(4-2)9-13-26/h8-9,12-13,16-23,25,27H,3-7,10-11,14-15H2,1-2H3. The van der Waals surface area contributed by atoms with Crippen molar-refractivity contribution in [2.75, 3.05) is 0 Å². The second-order valence-electron chi connectivity index (χ2n) is 9.46. The molecule has 0 amide bonds. The fourth-order valence-corrected chi connectivity index (χ4v) is 5.20. The maximum Gasteiger partial charge on any atom is -0.0162 e. The van der Waals surface area contributed by atoms with Crippen LogP contribution in [-0.2, 0) is 6.42 Å². The van der Waals surface area contributed by atoms with Gasteiger partial charge in [-0.15, -0.1) is 0 Å². The van der Waals surface area contributed by atoms with Gasteiger partial charge in [0.05, 0.1) is 0 Å². The van der Waals surface area contributed by atoms with Gasteiger partial charge < -0.3 is 0 Å². The van der Waals surface area contributed by atoms with E-state index in [1.165, 1.54) is 79.2 Å². The molecule has 0 aromatic heterocycles. The summed E-state index contributed by atoms with van der Waals surface area (Å²) in [7, 11) is 0. The molecule has 0 saturated heterocycles. The van der Waals surface area contributed by atoms with Crippen molar-refractivity contribution >= 4 is 0 Å². The molecule has 0 unspecified atom stereocenters. The van der Waals surface area contributed by atoms with Crippen LogP contribution in [0.25, 0.3) is 22.3 Å². The molecular formula is C31H38. The minimum atomic E-state index is 0.768. The molecule has 0 spiro atoms. The minimum absolute atomic E-state index is 0.768. The third-order valence-electron chi connectivity index (χ3n) is 7.36. The van der Waals surface area contributed by atoms with Gasteiger partial charge in [-0.2, -0.15) is 0 Å². The molecule has 4 rings (SSSR count). The van der Waals surface area contributed by atoms with Crippen LogP contribution >= 0.6 is 0 Å². The summed E-state index contributed by atoms with van der Waals surface area (Å²) in [6, 6.07) is 27.4. The normalized spacial score (nSPS) is 18.8. The second-order valence-corrected chi connectivity index (χ2v) is 9.46. The van der Waals surface area contributed by atoms with E-state index in [0.29, 0.717) is 0 Å². The molecule has 1 fully saturated rings. The van der Waals surface area contributed by atoms with Gasteiger partial charge in [0.15, 0.2) is 0 Å². The molecular weight excluding hydrogens is 372 g/mol. The average Bonchev–Trinajstić information content (AvgIpc) is 2.85. The average molecular weight is 411 g/mol. The summed E-state index contributed by atoms with van der Waals surface area (Å²) in [5.74, 6) is 1.75. The van der Waals surface area contributed by atoms with E-state index in [9.17, 15) is 0 Å². The molecule has 0 bridgehead atoms. The molecule has 31 heavy (non-hydrogen) atoms. The summed E-state index contributed by atoms with van der Waals surface area (Å²) in [6.07, 6.45) is 12.3.